The standard InChI is InChI=1S/C12H17N2O7PS2/c1-2-3-6-10(16)13-12(17)14(11(6)24-23)9-4-7(15)8(19-9)5-18-20-21-22/h2-3,7-9,11,15,23H,1,4-5,22H2,(H,13,16,17)/i/hT. The molecule has 2 N–H and O–H groups in total. The Hall–Kier alpha value is -0.650. The molecule has 2 rings (SSSR count). The van der Waals surface area contributed by atoms with Crippen LogP contribution in [-0.4, -0.2) is 53.5 Å². The maximum absolute atomic E-state index is 12.3. The largest absolute Gasteiger partial charge is 0.390 e. The van der Waals surface area contributed by atoms with Gasteiger partial charge in [-0.1, -0.05) is 34.6 Å². The fourth-order valence-electron chi connectivity index (χ4n) is 2.43. The van der Waals surface area contributed by atoms with E-state index in [1.54, 1.807) is 0 Å². The third-order valence-corrected chi connectivity index (χ3v) is 4.75. The van der Waals surface area contributed by atoms with Crippen molar-refractivity contribution in [2.45, 2.75) is 30.2 Å². The van der Waals surface area contributed by atoms with E-state index < -0.39 is 35.7 Å². The van der Waals surface area contributed by atoms with Crippen LogP contribution in [0.2, 0.25) is 0 Å². The van der Waals surface area contributed by atoms with Crippen molar-refractivity contribution in [1.82, 2.24) is 10.2 Å². The molecule has 0 spiro atoms. The van der Waals surface area contributed by atoms with E-state index in [0.717, 1.165) is 10.8 Å². The highest BCUT2D eigenvalue weighted by atomic mass is 33.1. The summed E-state index contributed by atoms with van der Waals surface area (Å²) in [6, 6.07) is -0.666. The third kappa shape index (κ3) is 4.30. The average molecular weight is 398 g/mol. The number of hydrogen-bond donors (Lipinski definition) is 3. The first kappa shape index (κ1) is 18.2. The molecule has 5 unspecified atom stereocenters. The lowest BCUT2D eigenvalue weighted by Crippen LogP contribution is -2.58. The summed E-state index contributed by atoms with van der Waals surface area (Å²) in [7, 11) is 2.82. The van der Waals surface area contributed by atoms with E-state index in [1.807, 2.05) is 9.47 Å². The number of carbonyl (C=O) groups is 2. The summed E-state index contributed by atoms with van der Waals surface area (Å²) in [5, 5.41) is 15.8. The summed E-state index contributed by atoms with van der Waals surface area (Å²) in [5.74, 6) is -0.558. The molecule has 0 radical (unpaired) electrons. The van der Waals surface area contributed by atoms with Gasteiger partial charge in [-0.25, -0.2) is 9.68 Å². The molecule has 2 aliphatic heterocycles. The van der Waals surface area contributed by atoms with E-state index in [4.69, 9.17) is 5.86 Å². The van der Waals surface area contributed by atoms with Gasteiger partial charge in [0.15, 0.2) is 0 Å². The normalized spacial score (nSPS) is 32.8. The van der Waals surface area contributed by atoms with E-state index in [1.165, 1.54) is 17.1 Å². The van der Waals surface area contributed by atoms with Crippen molar-refractivity contribution in [3.8, 4) is 0 Å². The Morgan fingerprint density at radius 3 is 3.12 bits per heavy atom. The smallest absolute Gasteiger partial charge is 0.327 e. The van der Waals surface area contributed by atoms with Crippen LogP contribution in [0, 0.1) is 0 Å². The number of ether oxygens (including phenoxy) is 1. The molecule has 5 atom stereocenters. The highest BCUT2D eigenvalue weighted by Gasteiger charge is 2.46. The van der Waals surface area contributed by atoms with Crippen molar-refractivity contribution in [2.75, 3.05) is 6.61 Å². The van der Waals surface area contributed by atoms with E-state index in [0.29, 0.717) is 11.6 Å². The zero-order chi connectivity index (χ0) is 18.4. The van der Waals surface area contributed by atoms with Gasteiger partial charge in [-0.3, -0.25) is 15.0 Å². The fourth-order valence-corrected chi connectivity index (χ4v) is 3.68. The Morgan fingerprint density at radius 1 is 1.67 bits per heavy atom. The molecule has 2 aliphatic rings. The minimum atomic E-state index is -0.912. The van der Waals surface area contributed by atoms with Gasteiger partial charge >= 0.3 is 6.03 Å². The fraction of sp³-hybridized carbons (Fsp3) is 0.500. The quantitative estimate of drug-likeness (QED) is 0.104. The lowest BCUT2D eigenvalue weighted by molar-refractivity contribution is -0.466. The molecule has 0 aromatic carbocycles. The van der Waals surface area contributed by atoms with Gasteiger partial charge in [0, 0.05) is 15.9 Å². The van der Waals surface area contributed by atoms with Gasteiger partial charge in [0.05, 0.1) is 11.7 Å². The van der Waals surface area contributed by atoms with Crippen LogP contribution in [0.15, 0.2) is 24.3 Å². The zero-order valence-electron chi connectivity index (χ0n) is 13.3. The molecule has 0 aromatic heterocycles. The van der Waals surface area contributed by atoms with E-state index in [-0.39, 0.29) is 18.6 Å². The molecule has 24 heavy (non-hydrogen) atoms. The number of thiol groups is 1. The lowest BCUT2D eigenvalue weighted by Gasteiger charge is -2.38. The number of hydrogen-bond acceptors (Lipinski definition) is 9. The average Bonchev–Trinajstić information content (AvgIpc) is 2.92. The number of nitrogens with zero attached hydrogens (tertiary/aromatic N) is 1. The summed E-state index contributed by atoms with van der Waals surface area (Å²) in [6.45, 7) is 3.43. The van der Waals surface area contributed by atoms with E-state index in [2.05, 4.69) is 26.5 Å². The molecule has 0 aliphatic carbocycles. The Balaban J connectivity index is 2.17. The SMILES string of the molecule is [3H]SSC1C(=CC=C)C(=O)NC(=O)N1C1CC(O)C(COOOP)O1. The first-order chi connectivity index (χ1) is 12.0. The van der Waals surface area contributed by atoms with Crippen molar-refractivity contribution >= 4 is 43.8 Å². The van der Waals surface area contributed by atoms with Crippen LogP contribution in [0.25, 0.3) is 0 Å². The first-order valence-electron chi connectivity index (χ1n) is 7.17. The number of carbonyl (C=O) groups excluding carboxylic acids is 2. The number of amides is 3. The van der Waals surface area contributed by atoms with Crippen LogP contribution in [0.1, 0.15) is 6.42 Å². The topological polar surface area (TPSA) is 107 Å². The molecule has 0 aromatic rings. The number of nitrogens with one attached hydrogen (secondary N) is 1. The molecule has 2 fully saturated rings. The monoisotopic (exact) mass is 398 g/mol. The second kappa shape index (κ2) is 9.16. The Bertz CT molecular complexity index is 556. The zero-order valence-corrected chi connectivity index (χ0v) is 15.1. The van der Waals surface area contributed by atoms with Crippen LogP contribution in [-0.2, 0) is 24.1 Å². The molecule has 2 heterocycles. The second-order valence-corrected chi connectivity index (χ2v) is 6.26. The van der Waals surface area contributed by atoms with Crippen LogP contribution >= 0.6 is 31.8 Å². The van der Waals surface area contributed by atoms with Crippen LogP contribution in [0.4, 0.5) is 4.79 Å². The van der Waals surface area contributed by atoms with Crippen molar-refractivity contribution < 1.29 is 34.0 Å². The van der Waals surface area contributed by atoms with Crippen LogP contribution in [0.3, 0.4) is 0 Å². The van der Waals surface area contributed by atoms with Gasteiger partial charge in [-0.05, 0) is 0 Å². The molecule has 0 saturated carbocycles. The number of imide groups is 1. The number of allylic oxidation sites excluding steroid dienone is 2. The Kier molecular flexibility index (Phi) is 6.93. The maximum atomic E-state index is 12.3. The highest BCUT2D eigenvalue weighted by Crippen LogP contribution is 2.35. The molecule has 134 valence electrons. The molecule has 3 amide bonds. The highest BCUT2D eigenvalue weighted by molar-refractivity contribution is 8.68. The number of aliphatic hydroxyl groups excluding tert-OH is 1. The number of urea groups is 1. The molecule has 0 bridgehead atoms. The summed E-state index contributed by atoms with van der Waals surface area (Å²) < 4.78 is 17.2. The number of rotatable bonds is 8. The minimum absolute atomic E-state index is 0.110. The Labute approximate surface area is 150 Å². The van der Waals surface area contributed by atoms with E-state index >= 15 is 0 Å². The summed E-state index contributed by atoms with van der Waals surface area (Å²) in [5.41, 5.74) is 0.261. The van der Waals surface area contributed by atoms with Crippen molar-refractivity contribution in [3.63, 3.8) is 0 Å². The third-order valence-electron chi connectivity index (χ3n) is 3.46. The van der Waals surface area contributed by atoms with Gasteiger partial charge < -0.3 is 9.84 Å². The van der Waals surface area contributed by atoms with Crippen LogP contribution < -0.4 is 5.32 Å². The summed E-state index contributed by atoms with van der Waals surface area (Å²) in [4.78, 5) is 30.3. The first-order valence-corrected chi connectivity index (χ1v) is 9.04. The van der Waals surface area contributed by atoms with Gasteiger partial charge in [-0.15, -0.1) is 11.6 Å². The van der Waals surface area contributed by atoms with Gasteiger partial charge in [0.2, 0.25) is 0 Å². The van der Waals surface area contributed by atoms with Crippen molar-refractivity contribution in [1.29, 1.82) is 1.12 Å². The second-order valence-electron chi connectivity index (χ2n) is 4.85. The molecule has 2 saturated heterocycles. The Morgan fingerprint density at radius 2 is 2.46 bits per heavy atom. The van der Waals surface area contributed by atoms with Gasteiger partial charge in [0.25, 0.3) is 5.91 Å². The van der Waals surface area contributed by atoms with Gasteiger partial charge in [-0.2, -0.15) is 4.67 Å². The lowest BCUT2D eigenvalue weighted by atomic mass is 10.1. The summed E-state index contributed by atoms with van der Waals surface area (Å²) >= 11 is 0.659. The molecular formula is C12H17N2O7PS2. The predicted molar refractivity (Wildman–Crippen MR) is 91.1 cm³/mol. The minimum Gasteiger partial charge on any atom is -0.390 e. The predicted octanol–water partition coefficient (Wildman–Crippen LogP) is 0.700. The molecule has 9 nitrogen and oxygen atoms in total. The van der Waals surface area contributed by atoms with Gasteiger partial charge in [0.1, 0.15) is 25.4 Å². The molecule has 12 heteroatoms. The summed E-state index contributed by atoms with van der Waals surface area (Å²) in [6.07, 6.45) is 0.525. The van der Waals surface area contributed by atoms with Crippen molar-refractivity contribution in [2.24, 2.45) is 0 Å². The van der Waals surface area contributed by atoms with E-state index in [9.17, 15) is 14.7 Å². The van der Waals surface area contributed by atoms with Crippen LogP contribution in [0.5, 0.6) is 0 Å². The maximum Gasteiger partial charge on any atom is 0.327 e. The number of aliphatic hydroxyl groups is 1. The van der Waals surface area contributed by atoms with Crippen molar-refractivity contribution in [3.05, 3.63) is 24.3 Å². The molecular weight excluding hydrogens is 379 g/mol.